The molecule has 1 aliphatic rings. The summed E-state index contributed by atoms with van der Waals surface area (Å²) in [6, 6.07) is 4.34. The molecule has 1 N–H and O–H groups in total. The van der Waals surface area contributed by atoms with Crippen LogP contribution in [-0.4, -0.2) is 42.5 Å². The maximum Gasteiger partial charge on any atom is 0.339 e. The lowest BCUT2D eigenvalue weighted by molar-refractivity contribution is -0.384. The van der Waals surface area contributed by atoms with Gasteiger partial charge in [0.25, 0.3) is 11.6 Å². The molecule has 0 aliphatic carbocycles. The molecule has 0 spiro atoms. The highest BCUT2D eigenvalue weighted by atomic mass is 16.6. The molecular formula is C18H25N3O5. The first-order chi connectivity index (χ1) is 12.4. The minimum atomic E-state index is -0.966. The summed E-state index contributed by atoms with van der Waals surface area (Å²) in [5, 5.41) is 14.1. The van der Waals surface area contributed by atoms with Crippen molar-refractivity contribution in [2.75, 3.05) is 24.5 Å². The van der Waals surface area contributed by atoms with Crippen LogP contribution in [0.25, 0.3) is 0 Å². The van der Waals surface area contributed by atoms with E-state index in [0.29, 0.717) is 12.2 Å². The third-order valence-electron chi connectivity index (χ3n) is 4.36. The Morgan fingerprint density at radius 3 is 2.50 bits per heavy atom. The molecule has 26 heavy (non-hydrogen) atoms. The molecule has 2 rings (SSSR count). The SMILES string of the molecule is CCNC(=O)[C@H](C)OC(=O)c1ccc(N2CCCCCC2)c([N+](=O)[O-])c1. The summed E-state index contributed by atoms with van der Waals surface area (Å²) < 4.78 is 5.10. The predicted octanol–water partition coefficient (Wildman–Crippen LogP) is 2.66. The second-order valence-corrected chi connectivity index (χ2v) is 6.30. The van der Waals surface area contributed by atoms with Crippen LogP contribution in [0.15, 0.2) is 18.2 Å². The number of hydrogen-bond donors (Lipinski definition) is 1. The van der Waals surface area contributed by atoms with E-state index in [1.807, 2.05) is 4.90 Å². The van der Waals surface area contributed by atoms with Gasteiger partial charge < -0.3 is 15.0 Å². The van der Waals surface area contributed by atoms with Gasteiger partial charge >= 0.3 is 5.97 Å². The van der Waals surface area contributed by atoms with Crippen molar-refractivity contribution < 1.29 is 19.2 Å². The van der Waals surface area contributed by atoms with Crippen molar-refractivity contribution in [2.24, 2.45) is 0 Å². The monoisotopic (exact) mass is 363 g/mol. The third kappa shape index (κ3) is 4.93. The fraction of sp³-hybridized carbons (Fsp3) is 0.556. The number of nitro benzene ring substituents is 1. The quantitative estimate of drug-likeness (QED) is 0.474. The zero-order valence-electron chi connectivity index (χ0n) is 15.2. The number of nitrogens with one attached hydrogen (secondary N) is 1. The van der Waals surface area contributed by atoms with Gasteiger partial charge in [0.1, 0.15) is 5.69 Å². The molecule has 0 bridgehead atoms. The third-order valence-corrected chi connectivity index (χ3v) is 4.36. The second-order valence-electron chi connectivity index (χ2n) is 6.30. The fourth-order valence-corrected chi connectivity index (χ4v) is 2.98. The zero-order chi connectivity index (χ0) is 19.1. The molecule has 1 atom stereocenters. The molecule has 8 heteroatoms. The summed E-state index contributed by atoms with van der Waals surface area (Å²) >= 11 is 0. The number of nitro groups is 1. The predicted molar refractivity (Wildman–Crippen MR) is 97.3 cm³/mol. The van der Waals surface area contributed by atoms with Gasteiger partial charge in [0, 0.05) is 25.7 Å². The van der Waals surface area contributed by atoms with Crippen LogP contribution >= 0.6 is 0 Å². The van der Waals surface area contributed by atoms with E-state index in [-0.39, 0.29) is 11.3 Å². The normalized spacial score (nSPS) is 15.7. The average molecular weight is 363 g/mol. The highest BCUT2D eigenvalue weighted by Gasteiger charge is 2.24. The van der Waals surface area contributed by atoms with Gasteiger partial charge in [0.05, 0.1) is 10.5 Å². The summed E-state index contributed by atoms with van der Waals surface area (Å²) in [6.45, 7) is 5.18. The zero-order valence-corrected chi connectivity index (χ0v) is 15.2. The molecule has 1 aromatic carbocycles. The van der Waals surface area contributed by atoms with E-state index >= 15 is 0 Å². The Morgan fingerprint density at radius 1 is 1.27 bits per heavy atom. The molecule has 1 fully saturated rings. The van der Waals surface area contributed by atoms with Crippen LogP contribution in [-0.2, 0) is 9.53 Å². The maximum atomic E-state index is 12.2. The van der Waals surface area contributed by atoms with Crippen LogP contribution in [0.2, 0.25) is 0 Å². The van der Waals surface area contributed by atoms with E-state index in [2.05, 4.69) is 5.32 Å². The fourth-order valence-electron chi connectivity index (χ4n) is 2.98. The average Bonchev–Trinajstić information content (AvgIpc) is 2.90. The Hall–Kier alpha value is -2.64. The van der Waals surface area contributed by atoms with Gasteiger partial charge in [-0.15, -0.1) is 0 Å². The minimum absolute atomic E-state index is 0.0615. The minimum Gasteiger partial charge on any atom is -0.449 e. The summed E-state index contributed by atoms with van der Waals surface area (Å²) in [7, 11) is 0. The van der Waals surface area contributed by atoms with E-state index in [9.17, 15) is 19.7 Å². The Kier molecular flexibility index (Phi) is 6.94. The topological polar surface area (TPSA) is 102 Å². The number of hydrogen-bond acceptors (Lipinski definition) is 6. The molecule has 1 aromatic rings. The highest BCUT2D eigenvalue weighted by molar-refractivity contribution is 5.93. The van der Waals surface area contributed by atoms with Crippen LogP contribution in [0.1, 0.15) is 49.9 Å². The summed E-state index contributed by atoms with van der Waals surface area (Å²) in [6.07, 6.45) is 3.25. The van der Waals surface area contributed by atoms with Crippen LogP contribution in [0.5, 0.6) is 0 Å². The highest BCUT2D eigenvalue weighted by Crippen LogP contribution is 2.31. The smallest absolute Gasteiger partial charge is 0.339 e. The number of rotatable bonds is 6. The Bertz CT molecular complexity index is 669. The molecule has 1 aliphatic heterocycles. The lowest BCUT2D eigenvalue weighted by atomic mass is 10.1. The van der Waals surface area contributed by atoms with Crippen molar-refractivity contribution in [3.63, 3.8) is 0 Å². The molecule has 8 nitrogen and oxygen atoms in total. The summed E-state index contributed by atoms with van der Waals surface area (Å²) in [4.78, 5) is 36.9. The molecule has 142 valence electrons. The van der Waals surface area contributed by atoms with Gasteiger partial charge in [-0.25, -0.2) is 4.79 Å². The molecule has 0 unspecified atom stereocenters. The Balaban J connectivity index is 2.20. The molecule has 1 amide bonds. The maximum absolute atomic E-state index is 12.2. The van der Waals surface area contributed by atoms with Crippen molar-refractivity contribution in [3.05, 3.63) is 33.9 Å². The lowest BCUT2D eigenvalue weighted by Gasteiger charge is -2.22. The summed E-state index contributed by atoms with van der Waals surface area (Å²) in [5.41, 5.74) is 0.462. The van der Waals surface area contributed by atoms with Gasteiger partial charge in [0.15, 0.2) is 6.10 Å². The van der Waals surface area contributed by atoms with Crippen molar-refractivity contribution >= 4 is 23.3 Å². The van der Waals surface area contributed by atoms with E-state index < -0.39 is 22.9 Å². The van der Waals surface area contributed by atoms with Gasteiger partial charge in [-0.05, 0) is 38.8 Å². The number of carbonyl (C=O) groups is 2. The number of anilines is 1. The van der Waals surface area contributed by atoms with Gasteiger partial charge in [-0.2, -0.15) is 0 Å². The summed E-state index contributed by atoms with van der Waals surface area (Å²) in [5.74, 6) is -1.16. The largest absolute Gasteiger partial charge is 0.449 e. The van der Waals surface area contributed by atoms with Gasteiger partial charge in [-0.3, -0.25) is 14.9 Å². The van der Waals surface area contributed by atoms with E-state index in [1.54, 1.807) is 13.0 Å². The van der Waals surface area contributed by atoms with Crippen molar-refractivity contribution in [1.29, 1.82) is 0 Å². The van der Waals surface area contributed by atoms with Gasteiger partial charge in [-0.1, -0.05) is 12.8 Å². The van der Waals surface area contributed by atoms with E-state index in [1.165, 1.54) is 19.1 Å². The van der Waals surface area contributed by atoms with Crippen molar-refractivity contribution in [3.8, 4) is 0 Å². The van der Waals surface area contributed by atoms with E-state index in [0.717, 1.165) is 38.8 Å². The first-order valence-electron chi connectivity index (χ1n) is 8.96. The number of likely N-dealkylation sites (N-methyl/N-ethyl adjacent to an activating group) is 1. The lowest BCUT2D eigenvalue weighted by Crippen LogP contribution is -2.35. The Labute approximate surface area is 152 Å². The van der Waals surface area contributed by atoms with Crippen molar-refractivity contribution in [1.82, 2.24) is 5.32 Å². The number of nitrogens with zero attached hydrogens (tertiary/aromatic N) is 2. The number of esters is 1. The second kappa shape index (κ2) is 9.17. The number of benzene rings is 1. The van der Waals surface area contributed by atoms with E-state index in [4.69, 9.17) is 4.74 Å². The molecule has 0 aromatic heterocycles. The first-order valence-corrected chi connectivity index (χ1v) is 8.96. The van der Waals surface area contributed by atoms with Crippen LogP contribution in [0.4, 0.5) is 11.4 Å². The molecule has 1 saturated heterocycles. The van der Waals surface area contributed by atoms with Crippen molar-refractivity contribution in [2.45, 2.75) is 45.6 Å². The van der Waals surface area contributed by atoms with Gasteiger partial charge in [0.2, 0.25) is 0 Å². The molecule has 1 heterocycles. The molecular weight excluding hydrogens is 338 g/mol. The van der Waals surface area contributed by atoms with Crippen LogP contribution in [0, 0.1) is 10.1 Å². The first kappa shape index (κ1) is 19.7. The van der Waals surface area contributed by atoms with Crippen LogP contribution < -0.4 is 10.2 Å². The number of ether oxygens (including phenoxy) is 1. The Morgan fingerprint density at radius 2 is 1.92 bits per heavy atom. The standard InChI is InChI=1S/C18H25N3O5/c1-3-19-17(22)13(2)26-18(23)14-8-9-15(16(12-14)21(24)25)20-10-6-4-5-7-11-20/h8-9,12-13H,3-7,10-11H2,1-2H3,(H,19,22)/t13-/m0/s1. The molecule has 0 saturated carbocycles. The number of carbonyl (C=O) groups excluding carboxylic acids is 2. The van der Waals surface area contributed by atoms with Crippen LogP contribution in [0.3, 0.4) is 0 Å². The number of amides is 1. The molecule has 0 radical (unpaired) electrons.